The maximum absolute atomic E-state index is 13.8. The summed E-state index contributed by atoms with van der Waals surface area (Å²) in [5.74, 6) is -2.78. The van der Waals surface area contributed by atoms with Crippen LogP contribution in [0.1, 0.15) is 28.4 Å². The molecule has 7 nitrogen and oxygen atoms in total. The lowest BCUT2D eigenvalue weighted by atomic mass is 9.99. The monoisotopic (exact) mass is 423 g/mol. The SMILES string of the molecule is C=CC(=O)Nc1ccccc1C1CCNc2c(C(N)=O)c(-c3ccc(F)c(F)c3)nn21. The highest BCUT2D eigenvalue weighted by atomic mass is 19.2. The van der Waals surface area contributed by atoms with Gasteiger partial charge < -0.3 is 16.4 Å². The first-order valence-electron chi connectivity index (χ1n) is 9.54. The first-order valence-corrected chi connectivity index (χ1v) is 9.54. The number of fused-ring (bicyclic) bond motifs is 1. The molecule has 9 heteroatoms. The van der Waals surface area contributed by atoms with Crippen LogP contribution in [0.4, 0.5) is 20.3 Å². The molecule has 0 aliphatic carbocycles. The second-order valence-corrected chi connectivity index (χ2v) is 7.02. The summed E-state index contributed by atoms with van der Waals surface area (Å²) in [6, 6.07) is 10.2. The number of hydrogen-bond acceptors (Lipinski definition) is 4. The van der Waals surface area contributed by atoms with Gasteiger partial charge in [-0.25, -0.2) is 13.5 Å². The Morgan fingerprint density at radius 2 is 2.00 bits per heavy atom. The highest BCUT2D eigenvalue weighted by Gasteiger charge is 2.31. The molecule has 1 aromatic heterocycles. The van der Waals surface area contributed by atoms with Crippen LogP contribution in [0.3, 0.4) is 0 Å². The minimum Gasteiger partial charge on any atom is -0.369 e. The van der Waals surface area contributed by atoms with Crippen LogP contribution in [-0.2, 0) is 4.79 Å². The van der Waals surface area contributed by atoms with Crippen LogP contribution in [0.25, 0.3) is 11.3 Å². The molecule has 0 radical (unpaired) electrons. The van der Waals surface area contributed by atoms with E-state index in [4.69, 9.17) is 5.73 Å². The molecular weight excluding hydrogens is 404 g/mol. The number of amides is 2. The number of benzene rings is 2. The van der Waals surface area contributed by atoms with Gasteiger partial charge in [-0.3, -0.25) is 9.59 Å². The number of hydrogen-bond donors (Lipinski definition) is 3. The summed E-state index contributed by atoms with van der Waals surface area (Å²) in [6.45, 7) is 3.98. The molecule has 0 bridgehead atoms. The zero-order valence-electron chi connectivity index (χ0n) is 16.4. The van der Waals surface area contributed by atoms with Gasteiger partial charge in [-0.2, -0.15) is 5.10 Å². The number of carbonyl (C=O) groups excluding carboxylic acids is 2. The maximum Gasteiger partial charge on any atom is 0.254 e. The van der Waals surface area contributed by atoms with Gasteiger partial charge in [-0.15, -0.1) is 0 Å². The fraction of sp³-hybridized carbons (Fsp3) is 0.136. The molecule has 2 amide bonds. The van der Waals surface area contributed by atoms with Gasteiger partial charge in [0.05, 0.1) is 6.04 Å². The van der Waals surface area contributed by atoms with Gasteiger partial charge in [-0.1, -0.05) is 24.8 Å². The summed E-state index contributed by atoms with van der Waals surface area (Å²) >= 11 is 0. The Morgan fingerprint density at radius 3 is 2.71 bits per heavy atom. The van der Waals surface area contributed by atoms with Gasteiger partial charge in [-0.05, 0) is 36.8 Å². The predicted molar refractivity (Wildman–Crippen MR) is 113 cm³/mol. The molecule has 4 rings (SSSR count). The molecule has 1 atom stereocenters. The third-order valence-corrected chi connectivity index (χ3v) is 5.12. The molecule has 0 fully saturated rings. The van der Waals surface area contributed by atoms with E-state index in [9.17, 15) is 18.4 Å². The maximum atomic E-state index is 13.8. The second kappa shape index (κ2) is 8.02. The van der Waals surface area contributed by atoms with E-state index in [2.05, 4.69) is 22.3 Å². The van der Waals surface area contributed by atoms with Crippen molar-refractivity contribution in [1.82, 2.24) is 9.78 Å². The average molecular weight is 423 g/mol. The normalized spacial score (nSPS) is 15.0. The molecule has 1 aliphatic rings. The Bertz CT molecular complexity index is 1200. The van der Waals surface area contributed by atoms with E-state index in [1.165, 1.54) is 12.1 Å². The fourth-order valence-corrected chi connectivity index (χ4v) is 3.73. The Kier molecular flexibility index (Phi) is 5.24. The number of nitrogens with two attached hydrogens (primary N) is 1. The quantitative estimate of drug-likeness (QED) is 0.547. The van der Waals surface area contributed by atoms with Crippen LogP contribution in [0.5, 0.6) is 0 Å². The lowest BCUT2D eigenvalue weighted by Gasteiger charge is -2.28. The third kappa shape index (κ3) is 3.65. The van der Waals surface area contributed by atoms with Crippen LogP contribution < -0.4 is 16.4 Å². The molecule has 0 saturated heterocycles. The summed E-state index contributed by atoms with van der Waals surface area (Å²) in [5.41, 5.74) is 7.43. The van der Waals surface area contributed by atoms with Crippen molar-refractivity contribution in [2.24, 2.45) is 5.73 Å². The first kappa shape index (κ1) is 20.3. The van der Waals surface area contributed by atoms with E-state index in [0.29, 0.717) is 24.5 Å². The van der Waals surface area contributed by atoms with Crippen molar-refractivity contribution in [3.8, 4) is 11.3 Å². The van der Waals surface area contributed by atoms with E-state index >= 15 is 0 Å². The second-order valence-electron chi connectivity index (χ2n) is 7.02. The summed E-state index contributed by atoms with van der Waals surface area (Å²) in [7, 11) is 0. The van der Waals surface area contributed by atoms with Crippen molar-refractivity contribution in [2.45, 2.75) is 12.5 Å². The zero-order valence-corrected chi connectivity index (χ0v) is 16.4. The Balaban J connectivity index is 1.87. The Hall–Kier alpha value is -4.01. The van der Waals surface area contributed by atoms with E-state index in [0.717, 1.165) is 17.7 Å². The Morgan fingerprint density at radius 1 is 1.23 bits per heavy atom. The molecule has 158 valence electrons. The minimum absolute atomic E-state index is 0.0864. The molecule has 0 saturated carbocycles. The van der Waals surface area contributed by atoms with Crippen molar-refractivity contribution in [3.05, 3.63) is 77.9 Å². The van der Waals surface area contributed by atoms with E-state index in [1.54, 1.807) is 16.8 Å². The highest BCUT2D eigenvalue weighted by Crippen LogP contribution is 2.38. The van der Waals surface area contributed by atoms with E-state index < -0.39 is 17.5 Å². The number of para-hydroxylation sites is 1. The van der Waals surface area contributed by atoms with Crippen molar-refractivity contribution in [2.75, 3.05) is 17.2 Å². The molecule has 31 heavy (non-hydrogen) atoms. The highest BCUT2D eigenvalue weighted by molar-refractivity contribution is 6.04. The van der Waals surface area contributed by atoms with Crippen LogP contribution in [0.2, 0.25) is 0 Å². The summed E-state index contributed by atoms with van der Waals surface area (Å²) in [6.07, 6.45) is 1.77. The number of halogens is 2. The van der Waals surface area contributed by atoms with Gasteiger partial charge >= 0.3 is 0 Å². The third-order valence-electron chi connectivity index (χ3n) is 5.12. The van der Waals surface area contributed by atoms with Crippen molar-refractivity contribution < 1.29 is 18.4 Å². The van der Waals surface area contributed by atoms with Gasteiger partial charge in [0.25, 0.3) is 5.91 Å². The van der Waals surface area contributed by atoms with Crippen LogP contribution in [0.15, 0.2) is 55.1 Å². The largest absolute Gasteiger partial charge is 0.369 e. The zero-order chi connectivity index (χ0) is 22.1. The number of anilines is 2. The van der Waals surface area contributed by atoms with Crippen LogP contribution >= 0.6 is 0 Å². The molecule has 4 N–H and O–H groups in total. The molecule has 0 spiro atoms. The van der Waals surface area contributed by atoms with Crippen molar-refractivity contribution in [3.63, 3.8) is 0 Å². The van der Waals surface area contributed by atoms with E-state index in [1.807, 2.05) is 12.1 Å². The summed E-state index contributed by atoms with van der Waals surface area (Å²) in [5, 5.41) is 10.4. The lowest BCUT2D eigenvalue weighted by molar-refractivity contribution is -0.111. The molecule has 1 aliphatic heterocycles. The molecular formula is C22H19F2N5O2. The first-order chi connectivity index (χ1) is 14.9. The van der Waals surface area contributed by atoms with Gasteiger partial charge in [0.15, 0.2) is 11.6 Å². The lowest BCUT2D eigenvalue weighted by Crippen LogP contribution is -2.27. The van der Waals surface area contributed by atoms with Gasteiger partial charge in [0, 0.05) is 23.4 Å². The number of primary amides is 1. The number of carbonyl (C=O) groups is 2. The molecule has 3 aromatic rings. The van der Waals surface area contributed by atoms with Gasteiger partial charge in [0.1, 0.15) is 17.1 Å². The number of rotatable bonds is 5. The molecule has 1 unspecified atom stereocenters. The minimum atomic E-state index is -1.05. The standard InChI is InChI=1S/C22H19F2N5O2/c1-2-18(30)27-16-6-4-3-5-13(16)17-9-10-26-22-19(21(25)31)20(28-29(17)22)12-7-8-14(23)15(24)11-12/h2-8,11,17,26H,1,9-10H2,(H2,25,31)(H,27,30). The number of nitrogens with one attached hydrogen (secondary N) is 2. The van der Waals surface area contributed by atoms with Crippen molar-refractivity contribution >= 4 is 23.3 Å². The van der Waals surface area contributed by atoms with Gasteiger partial charge in [0.2, 0.25) is 5.91 Å². The summed E-state index contributed by atoms with van der Waals surface area (Å²) in [4.78, 5) is 24.1. The smallest absolute Gasteiger partial charge is 0.254 e. The average Bonchev–Trinajstić information content (AvgIpc) is 3.16. The molecule has 2 aromatic carbocycles. The fourth-order valence-electron chi connectivity index (χ4n) is 3.73. The number of aromatic nitrogens is 2. The number of nitrogens with zero attached hydrogens (tertiary/aromatic N) is 2. The summed E-state index contributed by atoms with van der Waals surface area (Å²) < 4.78 is 28.9. The molecule has 2 heterocycles. The van der Waals surface area contributed by atoms with E-state index in [-0.39, 0.29) is 28.8 Å². The van der Waals surface area contributed by atoms with Crippen molar-refractivity contribution in [1.29, 1.82) is 0 Å². The topological polar surface area (TPSA) is 102 Å². The van der Waals surface area contributed by atoms with Crippen LogP contribution in [-0.4, -0.2) is 28.1 Å². The van der Waals surface area contributed by atoms with Crippen LogP contribution in [0, 0.1) is 11.6 Å². The predicted octanol–water partition coefficient (Wildman–Crippen LogP) is 3.46. The Labute approximate surface area is 176 Å².